The first-order valence-corrected chi connectivity index (χ1v) is 15.7. The van der Waals surface area contributed by atoms with Crippen LogP contribution in [0.3, 0.4) is 0 Å². The molecule has 46 heavy (non-hydrogen) atoms. The maximum Gasteiger partial charge on any atom is 0.408 e. The highest BCUT2D eigenvalue weighted by Gasteiger charge is 2.36. The summed E-state index contributed by atoms with van der Waals surface area (Å²) < 4.78 is 23.3. The van der Waals surface area contributed by atoms with Crippen molar-refractivity contribution >= 4 is 18.0 Å². The lowest BCUT2D eigenvalue weighted by Crippen LogP contribution is -2.56. The van der Waals surface area contributed by atoms with Crippen molar-refractivity contribution in [1.29, 1.82) is 0 Å². The quantitative estimate of drug-likeness (QED) is 0.176. The molecule has 0 aliphatic rings. The second kappa shape index (κ2) is 18.7. The van der Waals surface area contributed by atoms with Crippen molar-refractivity contribution in [2.45, 2.75) is 84.5 Å². The Morgan fingerprint density at radius 2 is 1.17 bits per heavy atom. The first-order chi connectivity index (χ1) is 22.0. The van der Waals surface area contributed by atoms with Crippen LogP contribution in [-0.2, 0) is 48.2 Å². The molecule has 3 aromatic rings. The minimum Gasteiger partial charge on any atom is -0.450 e. The van der Waals surface area contributed by atoms with E-state index in [4.69, 9.17) is 18.9 Å². The standard InChI is InChI=1S/C37H48N2O7/c1-27(2)21-33(40)45-34(32(22-28-15-9-6-10-16-28)39-36(42)46-37(3,4)5)35(41)38-31(25-43-23-29-17-11-7-12-18-29)26-44-24-30-19-13-8-14-20-30/h6-20,27,31-32,34H,21-26H2,1-5H3,(H,38,41)(H,39,42)/t32-,34?/m0/s1. The van der Waals surface area contributed by atoms with E-state index in [-0.39, 0.29) is 32.0 Å². The molecular formula is C37H48N2O7. The molecule has 0 saturated heterocycles. The van der Waals surface area contributed by atoms with Gasteiger partial charge in [0.2, 0.25) is 6.10 Å². The van der Waals surface area contributed by atoms with Gasteiger partial charge in [0.25, 0.3) is 5.91 Å². The molecule has 2 atom stereocenters. The molecule has 9 heteroatoms. The van der Waals surface area contributed by atoms with Crippen LogP contribution in [0.5, 0.6) is 0 Å². The number of rotatable bonds is 17. The predicted molar refractivity (Wildman–Crippen MR) is 177 cm³/mol. The van der Waals surface area contributed by atoms with Gasteiger partial charge in [0.1, 0.15) is 5.60 Å². The average molecular weight is 633 g/mol. The summed E-state index contributed by atoms with van der Waals surface area (Å²) in [5.41, 5.74) is 2.05. The van der Waals surface area contributed by atoms with Gasteiger partial charge >= 0.3 is 12.1 Å². The number of benzene rings is 3. The molecular weight excluding hydrogens is 584 g/mol. The number of alkyl carbamates (subject to hydrolysis) is 1. The van der Waals surface area contributed by atoms with Gasteiger partial charge in [-0.3, -0.25) is 9.59 Å². The fourth-order valence-electron chi connectivity index (χ4n) is 4.60. The average Bonchev–Trinajstić information content (AvgIpc) is 3.00. The van der Waals surface area contributed by atoms with E-state index in [0.717, 1.165) is 16.7 Å². The van der Waals surface area contributed by atoms with Gasteiger partial charge in [-0.15, -0.1) is 0 Å². The van der Waals surface area contributed by atoms with E-state index in [0.29, 0.717) is 13.2 Å². The molecule has 1 unspecified atom stereocenters. The van der Waals surface area contributed by atoms with Crippen molar-refractivity contribution in [3.63, 3.8) is 0 Å². The van der Waals surface area contributed by atoms with Crippen LogP contribution in [0.25, 0.3) is 0 Å². The van der Waals surface area contributed by atoms with Crippen LogP contribution in [0.15, 0.2) is 91.0 Å². The number of ether oxygens (including phenoxy) is 4. The predicted octanol–water partition coefficient (Wildman–Crippen LogP) is 6.00. The Labute approximate surface area is 273 Å². The van der Waals surface area contributed by atoms with Crippen molar-refractivity contribution in [3.05, 3.63) is 108 Å². The molecule has 0 heterocycles. The molecule has 0 radical (unpaired) electrons. The Kier molecular flexibility index (Phi) is 14.7. The third-order valence-electron chi connectivity index (χ3n) is 6.67. The second-order valence-corrected chi connectivity index (χ2v) is 12.7. The maximum atomic E-state index is 14.0. The maximum absolute atomic E-state index is 14.0. The summed E-state index contributed by atoms with van der Waals surface area (Å²) >= 11 is 0. The Morgan fingerprint density at radius 3 is 1.63 bits per heavy atom. The van der Waals surface area contributed by atoms with Crippen LogP contribution in [0, 0.1) is 5.92 Å². The van der Waals surface area contributed by atoms with Crippen molar-refractivity contribution in [2.75, 3.05) is 13.2 Å². The van der Waals surface area contributed by atoms with Crippen LogP contribution in [0.1, 0.15) is 57.7 Å². The van der Waals surface area contributed by atoms with Gasteiger partial charge in [-0.1, -0.05) is 105 Å². The van der Waals surface area contributed by atoms with Crippen molar-refractivity contribution < 1.29 is 33.3 Å². The molecule has 0 saturated carbocycles. The van der Waals surface area contributed by atoms with Gasteiger partial charge in [-0.25, -0.2) is 4.79 Å². The van der Waals surface area contributed by atoms with Gasteiger partial charge in [0.05, 0.1) is 38.5 Å². The van der Waals surface area contributed by atoms with Crippen molar-refractivity contribution in [1.82, 2.24) is 10.6 Å². The van der Waals surface area contributed by atoms with Crippen LogP contribution in [0.2, 0.25) is 0 Å². The molecule has 0 aliphatic carbocycles. The van der Waals surface area contributed by atoms with E-state index in [9.17, 15) is 14.4 Å². The van der Waals surface area contributed by atoms with Crippen LogP contribution >= 0.6 is 0 Å². The second-order valence-electron chi connectivity index (χ2n) is 12.7. The monoisotopic (exact) mass is 632 g/mol. The molecule has 3 rings (SSSR count). The zero-order valence-corrected chi connectivity index (χ0v) is 27.6. The molecule has 0 spiro atoms. The van der Waals surface area contributed by atoms with Gasteiger partial charge < -0.3 is 29.6 Å². The third-order valence-corrected chi connectivity index (χ3v) is 6.67. The summed E-state index contributed by atoms with van der Waals surface area (Å²) in [6.45, 7) is 10.0. The van der Waals surface area contributed by atoms with Crippen molar-refractivity contribution in [3.8, 4) is 0 Å². The van der Waals surface area contributed by atoms with Crippen LogP contribution < -0.4 is 10.6 Å². The number of nitrogens with one attached hydrogen (secondary N) is 2. The van der Waals surface area contributed by atoms with E-state index in [1.54, 1.807) is 20.8 Å². The zero-order valence-electron chi connectivity index (χ0n) is 27.6. The summed E-state index contributed by atoms with van der Waals surface area (Å²) in [5.74, 6) is -1.12. The third kappa shape index (κ3) is 14.3. The minimum absolute atomic E-state index is 0.00752. The first-order valence-electron chi connectivity index (χ1n) is 15.7. The molecule has 0 bridgehead atoms. The van der Waals surface area contributed by atoms with Crippen molar-refractivity contribution in [2.24, 2.45) is 5.92 Å². The van der Waals surface area contributed by atoms with Gasteiger partial charge in [0, 0.05) is 6.42 Å². The number of carbonyl (C=O) groups is 3. The molecule has 248 valence electrons. The molecule has 0 aromatic heterocycles. The number of hydrogen-bond acceptors (Lipinski definition) is 7. The number of carbonyl (C=O) groups excluding carboxylic acids is 3. The Hall–Kier alpha value is -4.21. The number of hydrogen-bond donors (Lipinski definition) is 2. The lowest BCUT2D eigenvalue weighted by atomic mass is 10.00. The smallest absolute Gasteiger partial charge is 0.408 e. The molecule has 0 fully saturated rings. The minimum atomic E-state index is -1.36. The van der Waals surface area contributed by atoms with E-state index < -0.39 is 41.8 Å². The molecule has 2 amide bonds. The Morgan fingerprint density at radius 1 is 0.696 bits per heavy atom. The normalized spacial score (nSPS) is 12.8. The fraction of sp³-hybridized carbons (Fsp3) is 0.432. The van der Waals surface area contributed by atoms with E-state index in [1.807, 2.05) is 105 Å². The van der Waals surface area contributed by atoms with E-state index in [2.05, 4.69) is 10.6 Å². The van der Waals surface area contributed by atoms with E-state index >= 15 is 0 Å². The highest BCUT2D eigenvalue weighted by molar-refractivity contribution is 5.85. The first kappa shape index (κ1) is 36.3. The topological polar surface area (TPSA) is 112 Å². The van der Waals surface area contributed by atoms with Gasteiger partial charge in [0.15, 0.2) is 0 Å². The van der Waals surface area contributed by atoms with Gasteiger partial charge in [-0.2, -0.15) is 0 Å². The Balaban J connectivity index is 1.84. The summed E-state index contributed by atoms with van der Waals surface area (Å²) in [6.07, 6.45) is -1.75. The fourth-order valence-corrected chi connectivity index (χ4v) is 4.60. The lowest BCUT2D eigenvalue weighted by molar-refractivity contribution is -0.159. The highest BCUT2D eigenvalue weighted by atomic mass is 16.6. The number of esters is 1. The van der Waals surface area contributed by atoms with Gasteiger partial charge in [-0.05, 0) is 49.8 Å². The molecule has 2 N–H and O–H groups in total. The molecule has 3 aromatic carbocycles. The Bertz CT molecular complexity index is 1280. The number of amides is 2. The van der Waals surface area contributed by atoms with Crippen LogP contribution in [0.4, 0.5) is 4.79 Å². The lowest BCUT2D eigenvalue weighted by Gasteiger charge is -2.30. The summed E-state index contributed by atoms with van der Waals surface area (Å²) in [6, 6.07) is 27.3. The molecule has 9 nitrogen and oxygen atoms in total. The van der Waals surface area contributed by atoms with E-state index in [1.165, 1.54) is 0 Å². The molecule has 0 aliphatic heterocycles. The largest absolute Gasteiger partial charge is 0.450 e. The summed E-state index contributed by atoms with van der Waals surface area (Å²) in [4.78, 5) is 40.0. The summed E-state index contributed by atoms with van der Waals surface area (Å²) in [7, 11) is 0. The SMILES string of the molecule is CC(C)CC(=O)OC(C(=O)NC(COCc1ccccc1)COCc1ccccc1)[C@H](Cc1ccccc1)NC(=O)OC(C)(C)C. The summed E-state index contributed by atoms with van der Waals surface area (Å²) in [5, 5.41) is 5.78. The zero-order chi connectivity index (χ0) is 33.4. The highest BCUT2D eigenvalue weighted by Crippen LogP contribution is 2.15. The van der Waals surface area contributed by atoms with Crippen LogP contribution in [-0.4, -0.2) is 55.0 Å².